The van der Waals surface area contributed by atoms with E-state index in [1.54, 1.807) is 0 Å². The average Bonchev–Trinajstić information content (AvgIpc) is 2.90. The first kappa shape index (κ1) is 16.6. The Kier molecular flexibility index (Phi) is 5.91. The second-order valence-electron chi connectivity index (χ2n) is 7.71. The highest BCUT2D eigenvalue weighted by molar-refractivity contribution is 5.67. The minimum absolute atomic E-state index is 0.288. The first-order valence-corrected chi connectivity index (χ1v) is 8.64. The molecule has 2 fully saturated rings. The van der Waals surface area contributed by atoms with E-state index in [0.29, 0.717) is 6.04 Å². The van der Waals surface area contributed by atoms with E-state index in [1.165, 1.54) is 38.5 Å². The van der Waals surface area contributed by atoms with E-state index in [2.05, 4.69) is 10.6 Å². The van der Waals surface area contributed by atoms with Gasteiger partial charge in [-0.3, -0.25) is 0 Å². The molecule has 1 saturated heterocycles. The van der Waals surface area contributed by atoms with Crippen LogP contribution >= 0.6 is 0 Å². The van der Waals surface area contributed by atoms with Crippen molar-refractivity contribution < 1.29 is 9.53 Å². The number of carbonyl (C=O) groups is 1. The van der Waals surface area contributed by atoms with Crippen LogP contribution in [0.3, 0.4) is 0 Å². The molecule has 1 aliphatic heterocycles. The Morgan fingerprint density at radius 1 is 1.24 bits per heavy atom. The Balaban J connectivity index is 1.65. The maximum absolute atomic E-state index is 11.6. The number of hydrogen-bond acceptors (Lipinski definition) is 3. The molecular weight excluding hydrogens is 264 g/mol. The van der Waals surface area contributed by atoms with Gasteiger partial charge in [-0.2, -0.15) is 0 Å². The molecule has 4 nitrogen and oxygen atoms in total. The second-order valence-corrected chi connectivity index (χ2v) is 7.71. The van der Waals surface area contributed by atoms with Crippen LogP contribution < -0.4 is 10.6 Å². The van der Waals surface area contributed by atoms with Crippen molar-refractivity contribution in [1.29, 1.82) is 0 Å². The summed E-state index contributed by atoms with van der Waals surface area (Å²) in [6, 6.07) is 0.716. The number of piperidine rings is 1. The van der Waals surface area contributed by atoms with E-state index in [4.69, 9.17) is 4.74 Å². The zero-order valence-electron chi connectivity index (χ0n) is 13.9. The number of nitrogens with one attached hydrogen (secondary N) is 2. The number of hydrogen-bond donors (Lipinski definition) is 2. The predicted octanol–water partition coefficient (Wildman–Crippen LogP) is 3.46. The highest BCUT2D eigenvalue weighted by atomic mass is 16.6. The smallest absolute Gasteiger partial charge is 0.407 e. The number of alkyl carbamates (subject to hydrolysis) is 1. The third-order valence-electron chi connectivity index (χ3n) is 4.74. The quantitative estimate of drug-likeness (QED) is 0.835. The van der Waals surface area contributed by atoms with E-state index in [9.17, 15) is 4.79 Å². The molecule has 1 amide bonds. The van der Waals surface area contributed by atoms with E-state index < -0.39 is 5.60 Å². The van der Waals surface area contributed by atoms with Crippen LogP contribution in [-0.2, 0) is 4.74 Å². The molecule has 2 N–H and O–H groups in total. The summed E-state index contributed by atoms with van der Waals surface area (Å²) in [5, 5.41) is 6.60. The van der Waals surface area contributed by atoms with Crippen molar-refractivity contribution in [2.45, 2.75) is 77.4 Å². The zero-order chi connectivity index (χ0) is 15.3. The van der Waals surface area contributed by atoms with Gasteiger partial charge >= 0.3 is 6.09 Å². The van der Waals surface area contributed by atoms with Crippen LogP contribution in [0.1, 0.15) is 65.7 Å². The van der Waals surface area contributed by atoms with E-state index in [1.807, 2.05) is 20.8 Å². The molecule has 21 heavy (non-hydrogen) atoms. The fraction of sp³-hybridized carbons (Fsp3) is 0.941. The molecule has 2 atom stereocenters. The summed E-state index contributed by atoms with van der Waals surface area (Å²) >= 11 is 0. The van der Waals surface area contributed by atoms with Gasteiger partial charge in [-0.25, -0.2) is 4.79 Å². The number of carbonyl (C=O) groups excluding carboxylic acids is 1. The Bertz CT molecular complexity index is 332. The van der Waals surface area contributed by atoms with E-state index >= 15 is 0 Å². The van der Waals surface area contributed by atoms with Gasteiger partial charge in [-0.05, 0) is 71.3 Å². The minimum atomic E-state index is -0.410. The van der Waals surface area contributed by atoms with Crippen molar-refractivity contribution >= 4 is 6.09 Å². The SMILES string of the molecule is CC(C)(C)OC(=O)NCCC1CCNC(C2CCCC2)C1. The average molecular weight is 296 g/mol. The molecule has 0 aromatic heterocycles. The molecule has 1 aliphatic carbocycles. The largest absolute Gasteiger partial charge is 0.444 e. The van der Waals surface area contributed by atoms with Crippen LogP contribution in [0.15, 0.2) is 0 Å². The summed E-state index contributed by atoms with van der Waals surface area (Å²) in [5.74, 6) is 1.64. The van der Waals surface area contributed by atoms with Crippen LogP contribution in [0.2, 0.25) is 0 Å². The van der Waals surface area contributed by atoms with Gasteiger partial charge in [0.1, 0.15) is 5.60 Å². The number of ether oxygens (including phenoxy) is 1. The highest BCUT2D eigenvalue weighted by Gasteiger charge is 2.29. The van der Waals surface area contributed by atoms with Crippen LogP contribution in [0.4, 0.5) is 4.79 Å². The molecule has 0 aromatic carbocycles. The lowest BCUT2D eigenvalue weighted by atomic mass is 9.83. The van der Waals surface area contributed by atoms with Crippen molar-refractivity contribution in [3.8, 4) is 0 Å². The lowest BCUT2D eigenvalue weighted by Crippen LogP contribution is -2.43. The lowest BCUT2D eigenvalue weighted by molar-refractivity contribution is 0.0523. The van der Waals surface area contributed by atoms with Gasteiger partial charge in [0, 0.05) is 12.6 Å². The Hall–Kier alpha value is -0.770. The molecule has 2 aliphatic rings. The third kappa shape index (κ3) is 5.85. The maximum Gasteiger partial charge on any atom is 0.407 e. The lowest BCUT2D eigenvalue weighted by Gasteiger charge is -2.34. The van der Waals surface area contributed by atoms with Gasteiger partial charge in [0.2, 0.25) is 0 Å². The normalized spacial score (nSPS) is 27.6. The fourth-order valence-corrected chi connectivity index (χ4v) is 3.71. The first-order chi connectivity index (χ1) is 9.94. The summed E-state index contributed by atoms with van der Waals surface area (Å²) in [6.45, 7) is 7.55. The van der Waals surface area contributed by atoms with Crippen molar-refractivity contribution in [1.82, 2.24) is 10.6 Å². The summed E-state index contributed by atoms with van der Waals surface area (Å²) in [7, 11) is 0. The summed E-state index contributed by atoms with van der Waals surface area (Å²) in [4.78, 5) is 11.6. The van der Waals surface area contributed by atoms with Crippen LogP contribution in [0.5, 0.6) is 0 Å². The van der Waals surface area contributed by atoms with Crippen LogP contribution in [-0.4, -0.2) is 30.8 Å². The van der Waals surface area contributed by atoms with Crippen molar-refractivity contribution in [3.05, 3.63) is 0 Å². The minimum Gasteiger partial charge on any atom is -0.444 e. The van der Waals surface area contributed by atoms with E-state index in [-0.39, 0.29) is 6.09 Å². The number of rotatable bonds is 4. The summed E-state index contributed by atoms with van der Waals surface area (Å²) in [6.07, 6.45) is 8.93. The Morgan fingerprint density at radius 2 is 1.95 bits per heavy atom. The van der Waals surface area contributed by atoms with Gasteiger partial charge in [-0.1, -0.05) is 12.8 Å². The molecule has 2 rings (SSSR count). The molecule has 0 bridgehead atoms. The Morgan fingerprint density at radius 3 is 2.62 bits per heavy atom. The fourth-order valence-electron chi connectivity index (χ4n) is 3.71. The van der Waals surface area contributed by atoms with Crippen LogP contribution in [0.25, 0.3) is 0 Å². The van der Waals surface area contributed by atoms with Gasteiger partial charge in [0.25, 0.3) is 0 Å². The van der Waals surface area contributed by atoms with Crippen molar-refractivity contribution in [2.24, 2.45) is 11.8 Å². The molecule has 0 spiro atoms. The molecule has 4 heteroatoms. The standard InChI is InChI=1S/C17H32N2O2/c1-17(2,3)21-16(20)19-11-9-13-8-10-18-15(12-13)14-6-4-5-7-14/h13-15,18H,4-12H2,1-3H3,(H,19,20). The summed E-state index contributed by atoms with van der Waals surface area (Å²) in [5.41, 5.74) is -0.410. The third-order valence-corrected chi connectivity index (χ3v) is 4.74. The molecule has 0 aromatic rings. The first-order valence-electron chi connectivity index (χ1n) is 8.64. The maximum atomic E-state index is 11.6. The number of amides is 1. The van der Waals surface area contributed by atoms with Gasteiger partial charge in [-0.15, -0.1) is 0 Å². The highest BCUT2D eigenvalue weighted by Crippen LogP contribution is 2.33. The predicted molar refractivity (Wildman–Crippen MR) is 85.3 cm³/mol. The van der Waals surface area contributed by atoms with Gasteiger partial charge in [0.15, 0.2) is 0 Å². The topological polar surface area (TPSA) is 50.4 Å². The van der Waals surface area contributed by atoms with Crippen LogP contribution in [0, 0.1) is 11.8 Å². The van der Waals surface area contributed by atoms with E-state index in [0.717, 1.165) is 31.3 Å². The molecule has 1 saturated carbocycles. The van der Waals surface area contributed by atoms with Gasteiger partial charge in [0.05, 0.1) is 0 Å². The van der Waals surface area contributed by atoms with Crippen molar-refractivity contribution in [3.63, 3.8) is 0 Å². The molecular formula is C17H32N2O2. The van der Waals surface area contributed by atoms with Crippen molar-refractivity contribution in [2.75, 3.05) is 13.1 Å². The summed E-state index contributed by atoms with van der Waals surface area (Å²) < 4.78 is 5.27. The molecule has 2 unspecified atom stereocenters. The Labute approximate surface area is 129 Å². The molecule has 122 valence electrons. The van der Waals surface area contributed by atoms with Gasteiger partial charge < -0.3 is 15.4 Å². The zero-order valence-corrected chi connectivity index (χ0v) is 13.9. The molecule has 0 radical (unpaired) electrons. The molecule has 1 heterocycles. The monoisotopic (exact) mass is 296 g/mol. The second kappa shape index (κ2) is 7.48.